The highest BCUT2D eigenvalue weighted by Crippen LogP contribution is 2.31. The van der Waals surface area contributed by atoms with Gasteiger partial charge in [-0.1, -0.05) is 19.3 Å². The second-order valence-electron chi connectivity index (χ2n) is 8.28. The number of sulfonamides is 1. The number of hydrogen-bond acceptors (Lipinski definition) is 6. The van der Waals surface area contributed by atoms with Gasteiger partial charge in [-0.15, -0.1) is 0 Å². The smallest absolute Gasteiger partial charge is 0.240 e. The zero-order chi connectivity index (χ0) is 22.1. The molecule has 1 saturated carbocycles. The van der Waals surface area contributed by atoms with E-state index >= 15 is 0 Å². The van der Waals surface area contributed by atoms with Crippen LogP contribution in [0.2, 0.25) is 0 Å². The van der Waals surface area contributed by atoms with Gasteiger partial charge >= 0.3 is 0 Å². The van der Waals surface area contributed by atoms with E-state index in [1.165, 1.54) is 44.2 Å². The van der Waals surface area contributed by atoms with Crippen molar-refractivity contribution < 1.29 is 22.7 Å². The predicted molar refractivity (Wildman–Crippen MR) is 119 cm³/mol. The van der Waals surface area contributed by atoms with E-state index in [4.69, 9.17) is 9.47 Å². The van der Waals surface area contributed by atoms with E-state index in [2.05, 4.69) is 22.0 Å². The maximum Gasteiger partial charge on any atom is 0.240 e. The molecule has 2 N–H and O–H groups in total. The Morgan fingerprint density at radius 2 is 1.81 bits per heavy atom. The van der Waals surface area contributed by atoms with Gasteiger partial charge in [0.25, 0.3) is 0 Å². The van der Waals surface area contributed by atoms with Crippen LogP contribution in [0.4, 0.5) is 0 Å². The molecule has 0 atom stereocenters. The van der Waals surface area contributed by atoms with Crippen LogP contribution in [0.15, 0.2) is 23.1 Å². The molecule has 0 bridgehead atoms. The number of nitrogens with zero attached hydrogens (tertiary/aromatic N) is 1. The third-order valence-corrected chi connectivity index (χ3v) is 7.34. The van der Waals surface area contributed by atoms with E-state index in [0.717, 1.165) is 19.4 Å². The van der Waals surface area contributed by atoms with Crippen LogP contribution in [0.25, 0.3) is 0 Å². The lowest BCUT2D eigenvalue weighted by Gasteiger charge is -2.31. The minimum absolute atomic E-state index is 0.0462. The molecule has 0 spiro atoms. The summed E-state index contributed by atoms with van der Waals surface area (Å²) in [5.74, 6) is 0.822. The lowest BCUT2D eigenvalue weighted by Crippen LogP contribution is -2.36. The molecular weight excluding hydrogens is 418 g/mol. The van der Waals surface area contributed by atoms with Crippen LogP contribution in [0.3, 0.4) is 0 Å². The second kappa shape index (κ2) is 11.7. The summed E-state index contributed by atoms with van der Waals surface area (Å²) in [5, 5.41) is 2.88. The molecule has 9 heteroatoms. The molecule has 8 nitrogen and oxygen atoms in total. The molecule has 0 aromatic heterocycles. The number of amides is 1. The number of hydrogen-bond donors (Lipinski definition) is 2. The molecule has 174 valence electrons. The first kappa shape index (κ1) is 23.8. The molecule has 1 aliphatic carbocycles. The number of rotatable bonds is 10. The van der Waals surface area contributed by atoms with Crippen LogP contribution >= 0.6 is 0 Å². The quantitative estimate of drug-likeness (QED) is 0.528. The van der Waals surface area contributed by atoms with Gasteiger partial charge in [-0.3, -0.25) is 4.79 Å². The van der Waals surface area contributed by atoms with E-state index in [1.807, 2.05) is 0 Å². The molecule has 1 fully saturated rings. The van der Waals surface area contributed by atoms with Gasteiger partial charge in [0.1, 0.15) is 0 Å². The van der Waals surface area contributed by atoms with Crippen molar-refractivity contribution in [2.45, 2.75) is 62.3 Å². The predicted octanol–water partition coefficient (Wildman–Crippen LogP) is 2.29. The Kier molecular flexibility index (Phi) is 8.98. The molecule has 0 saturated heterocycles. The van der Waals surface area contributed by atoms with Gasteiger partial charge in [-0.05, 0) is 45.0 Å². The van der Waals surface area contributed by atoms with Gasteiger partial charge < -0.3 is 19.7 Å². The van der Waals surface area contributed by atoms with Crippen molar-refractivity contribution in [1.29, 1.82) is 0 Å². The van der Waals surface area contributed by atoms with Crippen LogP contribution in [-0.4, -0.2) is 65.2 Å². The standard InChI is InChI=1S/C22H35N3O5S/c1-25(18-7-3-2-4-8-18)14-5-12-23-22(26)11-13-24-31(27,28)19-9-10-20-21(17-19)30-16-6-15-29-20/h9-10,17-18,24H,2-8,11-16H2,1H3,(H,23,26). The van der Waals surface area contributed by atoms with Crippen LogP contribution in [0, 0.1) is 0 Å². The molecule has 1 aromatic carbocycles. The van der Waals surface area contributed by atoms with Crippen molar-refractivity contribution in [3.8, 4) is 11.5 Å². The largest absolute Gasteiger partial charge is 0.490 e. The van der Waals surface area contributed by atoms with Crippen molar-refractivity contribution >= 4 is 15.9 Å². The minimum Gasteiger partial charge on any atom is -0.490 e. The van der Waals surface area contributed by atoms with Crippen molar-refractivity contribution in [3.63, 3.8) is 0 Å². The summed E-state index contributed by atoms with van der Waals surface area (Å²) in [7, 11) is -1.56. The Balaban J connectivity index is 1.35. The minimum atomic E-state index is -3.72. The Labute approximate surface area is 185 Å². The fourth-order valence-electron chi connectivity index (χ4n) is 4.04. The average Bonchev–Trinajstić information content (AvgIpc) is 3.02. The summed E-state index contributed by atoms with van der Waals surface area (Å²) in [4.78, 5) is 14.5. The van der Waals surface area contributed by atoms with E-state index in [9.17, 15) is 13.2 Å². The van der Waals surface area contributed by atoms with E-state index in [0.29, 0.717) is 37.3 Å². The number of benzene rings is 1. The summed E-state index contributed by atoms with van der Waals surface area (Å²) < 4.78 is 38.6. The molecule has 1 amide bonds. The fourth-order valence-corrected chi connectivity index (χ4v) is 5.09. The van der Waals surface area contributed by atoms with Gasteiger partial charge in [0.15, 0.2) is 11.5 Å². The van der Waals surface area contributed by atoms with Crippen LogP contribution in [0.1, 0.15) is 51.4 Å². The first-order chi connectivity index (χ1) is 15.0. The molecular formula is C22H35N3O5S. The Bertz CT molecular complexity index is 824. The van der Waals surface area contributed by atoms with E-state index < -0.39 is 10.0 Å². The van der Waals surface area contributed by atoms with Gasteiger partial charge in [0, 0.05) is 38.0 Å². The third kappa shape index (κ3) is 7.36. The highest BCUT2D eigenvalue weighted by molar-refractivity contribution is 7.89. The average molecular weight is 454 g/mol. The Morgan fingerprint density at radius 1 is 1.06 bits per heavy atom. The number of carbonyl (C=O) groups is 1. The third-order valence-electron chi connectivity index (χ3n) is 5.88. The molecule has 1 aromatic rings. The zero-order valence-corrected chi connectivity index (χ0v) is 19.2. The molecule has 0 unspecified atom stereocenters. The highest BCUT2D eigenvalue weighted by atomic mass is 32.2. The molecule has 1 aliphatic heterocycles. The van der Waals surface area contributed by atoms with Crippen molar-refractivity contribution in [2.24, 2.45) is 0 Å². The van der Waals surface area contributed by atoms with Crippen LogP contribution in [-0.2, 0) is 14.8 Å². The lowest BCUT2D eigenvalue weighted by molar-refractivity contribution is -0.120. The first-order valence-corrected chi connectivity index (χ1v) is 12.8. The maximum absolute atomic E-state index is 12.5. The summed E-state index contributed by atoms with van der Waals surface area (Å²) in [5.41, 5.74) is 0. The van der Waals surface area contributed by atoms with Crippen LogP contribution < -0.4 is 19.5 Å². The second-order valence-corrected chi connectivity index (χ2v) is 10.0. The van der Waals surface area contributed by atoms with Crippen LogP contribution in [0.5, 0.6) is 11.5 Å². The SMILES string of the molecule is CN(CCCNC(=O)CCNS(=O)(=O)c1ccc2c(c1)OCCCO2)C1CCCCC1. The summed E-state index contributed by atoms with van der Waals surface area (Å²) in [6.45, 7) is 2.64. The molecule has 1 heterocycles. The van der Waals surface area contributed by atoms with E-state index in [-0.39, 0.29) is 23.8 Å². The summed E-state index contributed by atoms with van der Waals surface area (Å²) in [6, 6.07) is 5.22. The lowest BCUT2D eigenvalue weighted by atomic mass is 9.94. The zero-order valence-electron chi connectivity index (χ0n) is 18.4. The number of carbonyl (C=O) groups excluding carboxylic acids is 1. The maximum atomic E-state index is 12.5. The highest BCUT2D eigenvalue weighted by Gasteiger charge is 2.19. The normalized spacial score (nSPS) is 17.4. The molecule has 2 aliphatic rings. The van der Waals surface area contributed by atoms with E-state index in [1.54, 1.807) is 6.07 Å². The fraction of sp³-hybridized carbons (Fsp3) is 0.682. The first-order valence-electron chi connectivity index (χ1n) is 11.3. The number of ether oxygens (including phenoxy) is 2. The number of fused-ring (bicyclic) bond motifs is 1. The topological polar surface area (TPSA) is 97.0 Å². The molecule has 3 rings (SSSR count). The molecule has 31 heavy (non-hydrogen) atoms. The summed E-state index contributed by atoms with van der Waals surface area (Å²) in [6.07, 6.45) is 8.25. The number of nitrogens with one attached hydrogen (secondary N) is 2. The van der Waals surface area contributed by atoms with Crippen molar-refractivity contribution in [3.05, 3.63) is 18.2 Å². The molecule has 0 radical (unpaired) electrons. The monoisotopic (exact) mass is 453 g/mol. The Morgan fingerprint density at radius 3 is 2.58 bits per heavy atom. The van der Waals surface area contributed by atoms with Gasteiger partial charge in [-0.25, -0.2) is 13.1 Å². The van der Waals surface area contributed by atoms with Crippen molar-refractivity contribution in [2.75, 3.05) is 39.9 Å². The summed E-state index contributed by atoms with van der Waals surface area (Å²) >= 11 is 0. The van der Waals surface area contributed by atoms with Gasteiger partial charge in [-0.2, -0.15) is 0 Å². The Hall–Kier alpha value is -1.84. The van der Waals surface area contributed by atoms with Gasteiger partial charge in [0.05, 0.1) is 18.1 Å². The van der Waals surface area contributed by atoms with Gasteiger partial charge in [0.2, 0.25) is 15.9 Å². The van der Waals surface area contributed by atoms with Crippen molar-refractivity contribution in [1.82, 2.24) is 14.9 Å².